The van der Waals surface area contributed by atoms with E-state index in [4.69, 9.17) is 4.74 Å². The molecule has 4 rings (SSSR count). The smallest absolute Gasteiger partial charge is 0.134 e. The van der Waals surface area contributed by atoms with Crippen LogP contribution in [0.25, 0.3) is 0 Å². The van der Waals surface area contributed by atoms with Gasteiger partial charge in [0.15, 0.2) is 0 Å². The molecule has 0 spiro atoms. The highest BCUT2D eigenvalue weighted by Crippen LogP contribution is 2.42. The molecule has 2 heteroatoms. The van der Waals surface area contributed by atoms with Crippen LogP contribution in [0.1, 0.15) is 22.3 Å². The zero-order valence-electron chi connectivity index (χ0n) is 10.1. The molecule has 0 unspecified atom stereocenters. The number of rotatable bonds is 0. The van der Waals surface area contributed by atoms with Crippen molar-refractivity contribution in [1.29, 1.82) is 0 Å². The third-order valence-corrected chi connectivity index (χ3v) is 4.77. The first kappa shape index (κ1) is 10.5. The van der Waals surface area contributed by atoms with Gasteiger partial charge in [0.25, 0.3) is 0 Å². The number of benzene rings is 2. The van der Waals surface area contributed by atoms with Crippen molar-refractivity contribution in [2.45, 2.75) is 24.3 Å². The molecule has 0 saturated carbocycles. The van der Waals surface area contributed by atoms with Gasteiger partial charge in [0.1, 0.15) is 11.5 Å². The topological polar surface area (TPSA) is 9.23 Å². The molecule has 0 atom stereocenters. The highest BCUT2D eigenvalue weighted by Gasteiger charge is 2.21. The van der Waals surface area contributed by atoms with Gasteiger partial charge in [0.2, 0.25) is 0 Å². The van der Waals surface area contributed by atoms with Crippen molar-refractivity contribution >= 4 is 11.8 Å². The van der Waals surface area contributed by atoms with Crippen LogP contribution in [-0.4, -0.2) is 0 Å². The summed E-state index contributed by atoms with van der Waals surface area (Å²) in [5.41, 5.74) is 5.41. The van der Waals surface area contributed by atoms with Crippen LogP contribution >= 0.6 is 11.8 Å². The van der Waals surface area contributed by atoms with E-state index in [1.165, 1.54) is 22.3 Å². The first-order valence-electron chi connectivity index (χ1n) is 6.39. The Morgan fingerprint density at radius 3 is 1.78 bits per heavy atom. The summed E-state index contributed by atoms with van der Waals surface area (Å²) >= 11 is 1.98. The van der Waals surface area contributed by atoms with E-state index in [1.807, 2.05) is 11.8 Å². The van der Waals surface area contributed by atoms with Crippen molar-refractivity contribution in [3.63, 3.8) is 0 Å². The summed E-state index contributed by atoms with van der Waals surface area (Å²) in [5.74, 6) is 4.34. The van der Waals surface area contributed by atoms with Gasteiger partial charge in [0.05, 0.1) is 0 Å². The molecule has 0 amide bonds. The molecule has 2 aromatic carbocycles. The van der Waals surface area contributed by atoms with Gasteiger partial charge in [-0.05, 0) is 24.0 Å². The molecular formula is C16H14OS. The normalized spacial score (nSPS) is 16.2. The molecule has 2 aliphatic heterocycles. The molecule has 0 aromatic heterocycles. The molecule has 1 nitrogen and oxygen atoms in total. The second-order valence-electron chi connectivity index (χ2n) is 4.91. The molecule has 2 aromatic rings. The molecule has 2 heterocycles. The van der Waals surface area contributed by atoms with E-state index in [2.05, 4.69) is 36.4 Å². The molecule has 2 aliphatic rings. The molecule has 18 heavy (non-hydrogen) atoms. The Hall–Kier alpha value is -1.41. The molecule has 0 fully saturated rings. The van der Waals surface area contributed by atoms with Crippen LogP contribution in [0.15, 0.2) is 36.4 Å². The number of para-hydroxylation sites is 2. The van der Waals surface area contributed by atoms with Gasteiger partial charge in [-0.1, -0.05) is 36.4 Å². The quantitative estimate of drug-likeness (QED) is 0.692. The van der Waals surface area contributed by atoms with Crippen molar-refractivity contribution in [2.24, 2.45) is 0 Å². The third-order valence-electron chi connectivity index (χ3n) is 3.74. The largest absolute Gasteiger partial charge is 0.456 e. The van der Waals surface area contributed by atoms with Gasteiger partial charge >= 0.3 is 0 Å². The molecule has 0 aliphatic carbocycles. The van der Waals surface area contributed by atoms with Crippen molar-refractivity contribution < 1.29 is 4.74 Å². The lowest BCUT2D eigenvalue weighted by Gasteiger charge is -2.19. The SMILES string of the molecule is c1cc2c3c(c1)CSCc1cccc(c1O3)CC2. The first-order valence-corrected chi connectivity index (χ1v) is 7.54. The lowest BCUT2D eigenvalue weighted by atomic mass is 10.0. The van der Waals surface area contributed by atoms with E-state index in [0.717, 1.165) is 35.8 Å². The molecule has 0 saturated heterocycles. The van der Waals surface area contributed by atoms with E-state index in [-0.39, 0.29) is 0 Å². The predicted molar refractivity (Wildman–Crippen MR) is 75.4 cm³/mol. The maximum absolute atomic E-state index is 6.29. The minimum Gasteiger partial charge on any atom is -0.456 e. The van der Waals surface area contributed by atoms with E-state index in [1.54, 1.807) is 0 Å². The summed E-state index contributed by atoms with van der Waals surface area (Å²) in [6.07, 6.45) is 2.18. The minimum atomic E-state index is 1.05. The Morgan fingerprint density at radius 2 is 1.22 bits per heavy atom. The zero-order chi connectivity index (χ0) is 11.9. The van der Waals surface area contributed by atoms with Crippen LogP contribution < -0.4 is 4.74 Å². The summed E-state index contributed by atoms with van der Waals surface area (Å²) in [7, 11) is 0. The Labute approximate surface area is 111 Å². The van der Waals surface area contributed by atoms with Gasteiger partial charge in [-0.3, -0.25) is 0 Å². The van der Waals surface area contributed by atoms with Crippen LogP contribution in [-0.2, 0) is 24.3 Å². The predicted octanol–water partition coefficient (Wildman–Crippen LogP) is 4.32. The van der Waals surface area contributed by atoms with Crippen LogP contribution in [0, 0.1) is 0 Å². The molecule has 2 bridgehead atoms. The van der Waals surface area contributed by atoms with Crippen LogP contribution in [0.2, 0.25) is 0 Å². The summed E-state index contributed by atoms with van der Waals surface area (Å²) in [6.45, 7) is 0. The summed E-state index contributed by atoms with van der Waals surface area (Å²) in [5, 5.41) is 0. The number of thioether (sulfide) groups is 1. The summed E-state index contributed by atoms with van der Waals surface area (Å²) in [4.78, 5) is 0. The number of ether oxygens (including phenoxy) is 1. The molecular weight excluding hydrogens is 240 g/mol. The lowest BCUT2D eigenvalue weighted by Crippen LogP contribution is -1.99. The van der Waals surface area contributed by atoms with Gasteiger partial charge in [0, 0.05) is 22.6 Å². The fourth-order valence-electron chi connectivity index (χ4n) is 2.80. The highest BCUT2D eigenvalue weighted by atomic mass is 32.2. The fraction of sp³-hybridized carbons (Fsp3) is 0.250. The van der Waals surface area contributed by atoms with Crippen molar-refractivity contribution in [3.05, 3.63) is 58.7 Å². The van der Waals surface area contributed by atoms with E-state index < -0.39 is 0 Å². The van der Waals surface area contributed by atoms with Gasteiger partial charge in [-0.15, -0.1) is 0 Å². The maximum atomic E-state index is 6.29. The fourth-order valence-corrected chi connectivity index (χ4v) is 3.80. The third kappa shape index (κ3) is 1.56. The Bertz CT molecular complexity index is 565. The monoisotopic (exact) mass is 254 g/mol. The second-order valence-corrected chi connectivity index (χ2v) is 5.89. The zero-order valence-corrected chi connectivity index (χ0v) is 10.9. The molecule has 90 valence electrons. The summed E-state index contributed by atoms with van der Waals surface area (Å²) < 4.78 is 6.29. The Morgan fingerprint density at radius 1 is 0.722 bits per heavy atom. The van der Waals surface area contributed by atoms with Crippen LogP contribution in [0.4, 0.5) is 0 Å². The van der Waals surface area contributed by atoms with Gasteiger partial charge in [-0.2, -0.15) is 11.8 Å². The van der Waals surface area contributed by atoms with E-state index in [0.29, 0.717) is 0 Å². The Balaban J connectivity index is 1.98. The van der Waals surface area contributed by atoms with Crippen molar-refractivity contribution in [3.8, 4) is 11.5 Å². The Kier molecular flexibility index (Phi) is 2.37. The van der Waals surface area contributed by atoms with Crippen LogP contribution in [0.3, 0.4) is 0 Å². The van der Waals surface area contributed by atoms with E-state index >= 15 is 0 Å². The maximum Gasteiger partial charge on any atom is 0.134 e. The lowest BCUT2D eigenvalue weighted by molar-refractivity contribution is 0.470. The minimum absolute atomic E-state index is 1.05. The average Bonchev–Trinajstić information content (AvgIpc) is 2.56. The second kappa shape index (κ2) is 4.06. The number of aryl methyl sites for hydroxylation is 2. The number of hydrogen-bond donors (Lipinski definition) is 0. The van der Waals surface area contributed by atoms with Crippen molar-refractivity contribution in [1.82, 2.24) is 0 Å². The first-order chi connectivity index (χ1) is 8.92. The standard InChI is InChI=1S/C16H14OS/c1-3-11-7-8-12-4-2-6-14-10-18-9-13(5-1)15(11)17-16(12)14/h1-6H,7-10H2. The van der Waals surface area contributed by atoms with Crippen LogP contribution in [0.5, 0.6) is 11.5 Å². The molecule has 0 radical (unpaired) electrons. The highest BCUT2D eigenvalue weighted by molar-refractivity contribution is 7.97. The van der Waals surface area contributed by atoms with Gasteiger partial charge < -0.3 is 4.74 Å². The molecule has 0 N–H and O–H groups in total. The van der Waals surface area contributed by atoms with E-state index in [9.17, 15) is 0 Å². The summed E-state index contributed by atoms with van der Waals surface area (Å²) in [6, 6.07) is 13.1. The van der Waals surface area contributed by atoms with Crippen molar-refractivity contribution in [2.75, 3.05) is 0 Å². The van der Waals surface area contributed by atoms with Gasteiger partial charge in [-0.25, -0.2) is 0 Å². The average molecular weight is 254 g/mol. The number of hydrogen-bond acceptors (Lipinski definition) is 2.